The summed E-state index contributed by atoms with van der Waals surface area (Å²) >= 11 is 4.29. The molecule has 220 valence electrons. The lowest BCUT2D eigenvalue weighted by Gasteiger charge is -2.34. The molecule has 0 aliphatic carbocycles. The minimum absolute atomic E-state index is 0.0116. The van der Waals surface area contributed by atoms with Crippen LogP contribution in [0.15, 0.2) is 24.3 Å². The minimum Gasteiger partial charge on any atom is -0.508 e. The average Bonchev–Trinajstić information content (AvgIpc) is 2.86. The van der Waals surface area contributed by atoms with Gasteiger partial charge < -0.3 is 30.1 Å². The van der Waals surface area contributed by atoms with Crippen LogP contribution >= 0.6 is 12.6 Å². The van der Waals surface area contributed by atoms with Crippen LogP contribution in [0, 0.1) is 0 Å². The summed E-state index contributed by atoms with van der Waals surface area (Å²) in [5.41, 5.74) is -0.292. The summed E-state index contributed by atoms with van der Waals surface area (Å²) in [4.78, 5) is 53.0. The number of hydrogen-bond donors (Lipinski definition) is 4. The second kappa shape index (κ2) is 17.6. The maximum absolute atomic E-state index is 13.9. The summed E-state index contributed by atoms with van der Waals surface area (Å²) < 4.78 is 10.2. The first-order valence-electron chi connectivity index (χ1n) is 13.6. The molecule has 10 nitrogen and oxygen atoms in total. The van der Waals surface area contributed by atoms with Gasteiger partial charge >= 0.3 is 12.1 Å². The minimum atomic E-state index is -1.07. The molecule has 39 heavy (non-hydrogen) atoms. The molecule has 0 spiro atoms. The molecule has 0 saturated carbocycles. The van der Waals surface area contributed by atoms with E-state index in [-0.39, 0.29) is 37.6 Å². The highest BCUT2D eigenvalue weighted by Gasteiger charge is 2.35. The Hall–Kier alpha value is -2.95. The van der Waals surface area contributed by atoms with Crippen molar-refractivity contribution in [3.8, 4) is 5.75 Å². The molecular formula is C28H45N3O7S. The number of carbonyl (C=O) groups excluding carboxylic acids is 4. The number of ether oxygens (including phenoxy) is 2. The highest BCUT2D eigenvalue weighted by Crippen LogP contribution is 2.25. The third-order valence-corrected chi connectivity index (χ3v) is 6.02. The first-order valence-corrected chi connectivity index (χ1v) is 14.2. The van der Waals surface area contributed by atoms with Crippen LogP contribution in [0.1, 0.15) is 84.7 Å². The van der Waals surface area contributed by atoms with Gasteiger partial charge in [-0.3, -0.25) is 14.4 Å². The van der Waals surface area contributed by atoms with Crippen molar-refractivity contribution in [1.82, 2.24) is 15.5 Å². The van der Waals surface area contributed by atoms with Crippen LogP contribution in [0.4, 0.5) is 4.79 Å². The van der Waals surface area contributed by atoms with Gasteiger partial charge in [-0.2, -0.15) is 12.6 Å². The van der Waals surface area contributed by atoms with Gasteiger partial charge in [0.15, 0.2) is 0 Å². The highest BCUT2D eigenvalue weighted by molar-refractivity contribution is 7.80. The summed E-state index contributed by atoms with van der Waals surface area (Å²) in [6, 6.07) is 3.89. The van der Waals surface area contributed by atoms with Crippen molar-refractivity contribution in [1.29, 1.82) is 0 Å². The van der Waals surface area contributed by atoms with Crippen LogP contribution in [0.2, 0.25) is 0 Å². The SMILES string of the molecule is CCCCCCCN(C(=O)C(CS)NC(=O)OC(C)(C)C)C(C(=O)NCCC(=O)OCC)c1ccc(O)cc1. The molecule has 1 aromatic rings. The van der Waals surface area contributed by atoms with E-state index in [1.54, 1.807) is 39.8 Å². The zero-order valence-corrected chi connectivity index (χ0v) is 24.7. The van der Waals surface area contributed by atoms with Gasteiger partial charge in [0.1, 0.15) is 23.4 Å². The number of phenols is 1. The Kier molecular flexibility index (Phi) is 15.4. The second-order valence-corrected chi connectivity index (χ2v) is 10.5. The highest BCUT2D eigenvalue weighted by atomic mass is 32.1. The van der Waals surface area contributed by atoms with Gasteiger partial charge in [-0.1, -0.05) is 44.7 Å². The van der Waals surface area contributed by atoms with E-state index in [4.69, 9.17) is 9.47 Å². The number of amides is 3. The van der Waals surface area contributed by atoms with Crippen molar-refractivity contribution < 1.29 is 33.8 Å². The van der Waals surface area contributed by atoms with E-state index in [1.165, 1.54) is 17.0 Å². The monoisotopic (exact) mass is 567 g/mol. The Bertz CT molecular complexity index is 919. The normalized spacial score (nSPS) is 12.7. The lowest BCUT2D eigenvalue weighted by Crippen LogP contribution is -2.54. The molecule has 1 rings (SSSR count). The fraction of sp³-hybridized carbons (Fsp3) is 0.643. The van der Waals surface area contributed by atoms with Crippen LogP contribution in [-0.2, 0) is 23.9 Å². The Morgan fingerprint density at radius 1 is 1.03 bits per heavy atom. The molecule has 0 fully saturated rings. The molecule has 0 radical (unpaired) electrons. The van der Waals surface area contributed by atoms with Gasteiger partial charge in [-0.15, -0.1) is 0 Å². The Morgan fingerprint density at radius 3 is 2.23 bits per heavy atom. The molecule has 0 heterocycles. The number of esters is 1. The predicted octanol–water partition coefficient (Wildman–Crippen LogP) is 4.12. The molecule has 2 unspecified atom stereocenters. The van der Waals surface area contributed by atoms with Gasteiger partial charge in [0.2, 0.25) is 11.8 Å². The van der Waals surface area contributed by atoms with Crippen LogP contribution < -0.4 is 10.6 Å². The molecule has 3 N–H and O–H groups in total. The van der Waals surface area contributed by atoms with E-state index in [0.717, 1.165) is 25.7 Å². The standard InChI is InChI=1S/C28H45N3O7S/c1-6-8-9-10-11-18-31(26(35)22(19-39)30-27(36)38-28(3,4)5)24(20-12-14-21(32)15-13-20)25(34)29-17-16-23(33)37-7-2/h12-15,22,24,32,39H,6-11,16-19H2,1-5H3,(H,29,34)(H,30,36). The second-order valence-electron chi connectivity index (χ2n) is 10.2. The predicted molar refractivity (Wildman–Crippen MR) is 153 cm³/mol. The first kappa shape index (κ1) is 34.1. The van der Waals surface area contributed by atoms with E-state index in [0.29, 0.717) is 12.0 Å². The van der Waals surface area contributed by atoms with Gasteiger partial charge in [0.25, 0.3) is 0 Å². The van der Waals surface area contributed by atoms with Crippen molar-refractivity contribution in [2.45, 2.75) is 90.8 Å². The lowest BCUT2D eigenvalue weighted by atomic mass is 10.0. The molecule has 0 aromatic heterocycles. The summed E-state index contributed by atoms with van der Waals surface area (Å²) in [6.45, 7) is 9.47. The van der Waals surface area contributed by atoms with Crippen molar-refractivity contribution >= 4 is 36.5 Å². The smallest absolute Gasteiger partial charge is 0.408 e. The zero-order chi connectivity index (χ0) is 29.4. The maximum atomic E-state index is 13.9. The van der Waals surface area contributed by atoms with Crippen molar-refractivity contribution in [2.75, 3.05) is 25.4 Å². The van der Waals surface area contributed by atoms with E-state index in [9.17, 15) is 24.3 Å². The van der Waals surface area contributed by atoms with Crippen molar-refractivity contribution in [2.24, 2.45) is 0 Å². The maximum Gasteiger partial charge on any atom is 0.408 e. The summed E-state index contributed by atoms with van der Waals surface area (Å²) in [6.07, 6.45) is 3.81. The Morgan fingerprint density at radius 2 is 1.67 bits per heavy atom. The average molecular weight is 568 g/mol. The first-order chi connectivity index (χ1) is 18.4. The Labute approximate surface area is 237 Å². The van der Waals surface area contributed by atoms with Crippen LogP contribution in [0.3, 0.4) is 0 Å². The van der Waals surface area contributed by atoms with Crippen molar-refractivity contribution in [3.05, 3.63) is 29.8 Å². The van der Waals surface area contributed by atoms with E-state index in [2.05, 4.69) is 30.2 Å². The van der Waals surface area contributed by atoms with Crippen LogP contribution in [-0.4, -0.2) is 71.0 Å². The van der Waals surface area contributed by atoms with Gasteiger partial charge in [-0.05, 0) is 51.8 Å². The number of nitrogens with one attached hydrogen (secondary N) is 2. The van der Waals surface area contributed by atoms with Gasteiger partial charge in [0, 0.05) is 18.8 Å². The van der Waals surface area contributed by atoms with Gasteiger partial charge in [-0.25, -0.2) is 4.79 Å². The molecule has 0 aliphatic heterocycles. The third kappa shape index (κ3) is 13.1. The van der Waals surface area contributed by atoms with E-state index >= 15 is 0 Å². The quantitative estimate of drug-likeness (QED) is 0.134. The number of carbonyl (C=O) groups is 4. The summed E-state index contributed by atoms with van der Waals surface area (Å²) in [7, 11) is 0. The fourth-order valence-corrected chi connectivity index (χ4v) is 4.08. The largest absolute Gasteiger partial charge is 0.508 e. The molecular weight excluding hydrogens is 522 g/mol. The molecule has 1 aromatic carbocycles. The Balaban J connectivity index is 3.30. The number of thiol groups is 1. The topological polar surface area (TPSA) is 134 Å². The number of phenolic OH excluding ortho intramolecular Hbond substituents is 1. The van der Waals surface area contributed by atoms with Crippen molar-refractivity contribution in [3.63, 3.8) is 0 Å². The van der Waals surface area contributed by atoms with E-state index < -0.39 is 41.6 Å². The molecule has 0 saturated heterocycles. The molecule has 0 aliphatic rings. The molecule has 11 heteroatoms. The number of rotatable bonds is 16. The van der Waals surface area contributed by atoms with Gasteiger partial charge in [0.05, 0.1) is 13.0 Å². The summed E-state index contributed by atoms with van der Waals surface area (Å²) in [5, 5.41) is 15.1. The number of unbranched alkanes of at least 4 members (excludes halogenated alkanes) is 4. The molecule has 2 atom stereocenters. The number of hydrogen-bond acceptors (Lipinski definition) is 8. The van der Waals surface area contributed by atoms with Crippen LogP contribution in [0.5, 0.6) is 5.75 Å². The molecule has 0 bridgehead atoms. The number of benzene rings is 1. The third-order valence-electron chi connectivity index (χ3n) is 5.66. The lowest BCUT2D eigenvalue weighted by molar-refractivity contribution is -0.144. The number of alkyl carbamates (subject to hydrolysis) is 1. The summed E-state index contributed by atoms with van der Waals surface area (Å²) in [5.74, 6) is -1.44. The number of nitrogens with zero attached hydrogens (tertiary/aromatic N) is 1. The van der Waals surface area contributed by atoms with Crippen LogP contribution in [0.25, 0.3) is 0 Å². The van der Waals surface area contributed by atoms with E-state index in [1.807, 2.05) is 0 Å². The zero-order valence-electron chi connectivity index (χ0n) is 23.8. The fourth-order valence-electron chi connectivity index (χ4n) is 3.83. The number of aromatic hydroxyl groups is 1. The molecule has 3 amide bonds.